The van der Waals surface area contributed by atoms with Crippen LogP contribution in [0.2, 0.25) is 0 Å². The fourth-order valence-electron chi connectivity index (χ4n) is 6.45. The van der Waals surface area contributed by atoms with Gasteiger partial charge in [-0.3, -0.25) is 0 Å². The molecule has 0 amide bonds. The molecule has 7 rings (SSSR count). The number of aromatic nitrogens is 1. The van der Waals surface area contributed by atoms with E-state index in [1.807, 2.05) is 6.08 Å². The van der Waals surface area contributed by atoms with Gasteiger partial charge in [0.05, 0.1) is 11.0 Å². The predicted octanol–water partition coefficient (Wildman–Crippen LogP) is 10.9. The molecule has 0 aliphatic carbocycles. The van der Waals surface area contributed by atoms with E-state index < -0.39 is 0 Å². The standard InChI is InChI=1S/C41H34N2/c1-5-31-19-18-30(4)42(39-15-9-6-12-32(39)21-20-31)33-22-24-35(28(2)26-33)36-25-23-34(27-29(36)3)43-40-16-10-7-13-37(40)38-14-8-11-17-41(38)43/h5-20,22-27H,1,4,21H2,2-3H3/b19-18-,31-20-. The van der Waals surface area contributed by atoms with Crippen LogP contribution in [0, 0.1) is 13.8 Å². The van der Waals surface area contributed by atoms with Crippen molar-refractivity contribution in [2.75, 3.05) is 4.90 Å². The number of allylic oxidation sites excluding steroid dienone is 5. The van der Waals surface area contributed by atoms with Crippen molar-refractivity contribution in [2.45, 2.75) is 20.3 Å². The third-order valence-corrected chi connectivity index (χ3v) is 8.59. The molecular formula is C41H34N2. The highest BCUT2D eigenvalue weighted by Crippen LogP contribution is 2.38. The number of nitrogens with zero attached hydrogens (tertiary/aromatic N) is 2. The van der Waals surface area contributed by atoms with Crippen LogP contribution in [0.5, 0.6) is 0 Å². The number of hydrogen-bond acceptors (Lipinski definition) is 1. The van der Waals surface area contributed by atoms with Gasteiger partial charge >= 0.3 is 0 Å². The smallest absolute Gasteiger partial charge is 0.0541 e. The number of hydrogen-bond donors (Lipinski definition) is 0. The van der Waals surface area contributed by atoms with Crippen LogP contribution in [0.3, 0.4) is 0 Å². The maximum absolute atomic E-state index is 4.46. The lowest BCUT2D eigenvalue weighted by molar-refractivity contribution is 1.16. The minimum Gasteiger partial charge on any atom is -0.311 e. The first-order valence-electron chi connectivity index (χ1n) is 14.8. The molecule has 5 aromatic carbocycles. The van der Waals surface area contributed by atoms with Crippen LogP contribution in [0.4, 0.5) is 11.4 Å². The molecule has 0 spiro atoms. The highest BCUT2D eigenvalue weighted by Gasteiger charge is 2.18. The third kappa shape index (κ3) is 4.62. The Morgan fingerprint density at radius 3 is 1.88 bits per heavy atom. The summed E-state index contributed by atoms with van der Waals surface area (Å²) < 4.78 is 2.38. The quantitative estimate of drug-likeness (QED) is 0.210. The molecule has 0 radical (unpaired) electrons. The summed E-state index contributed by atoms with van der Waals surface area (Å²) in [5.41, 5.74) is 14.1. The number of para-hydroxylation sites is 3. The lowest BCUT2D eigenvalue weighted by atomic mass is 9.95. The zero-order valence-electron chi connectivity index (χ0n) is 24.7. The van der Waals surface area contributed by atoms with Gasteiger partial charge in [-0.2, -0.15) is 0 Å². The first-order valence-corrected chi connectivity index (χ1v) is 14.8. The summed E-state index contributed by atoms with van der Waals surface area (Å²) in [6, 6.07) is 39.5. The first-order chi connectivity index (χ1) is 21.0. The molecule has 2 heterocycles. The van der Waals surface area contributed by atoms with Gasteiger partial charge in [-0.1, -0.05) is 98.1 Å². The van der Waals surface area contributed by atoms with E-state index in [1.165, 1.54) is 55.3 Å². The number of fused-ring (bicyclic) bond motifs is 4. The summed E-state index contributed by atoms with van der Waals surface area (Å²) in [6.07, 6.45) is 9.13. The fraction of sp³-hybridized carbons (Fsp3) is 0.0732. The minimum absolute atomic E-state index is 0.834. The highest BCUT2D eigenvalue weighted by atomic mass is 15.1. The second kappa shape index (κ2) is 10.8. The van der Waals surface area contributed by atoms with Crippen LogP contribution in [0.15, 0.2) is 158 Å². The second-order valence-electron chi connectivity index (χ2n) is 11.3. The Kier molecular flexibility index (Phi) is 6.68. The van der Waals surface area contributed by atoms with E-state index in [2.05, 4.69) is 164 Å². The van der Waals surface area contributed by atoms with E-state index in [0.717, 1.165) is 29.1 Å². The molecule has 0 saturated carbocycles. The van der Waals surface area contributed by atoms with Gasteiger partial charge < -0.3 is 9.47 Å². The van der Waals surface area contributed by atoms with Gasteiger partial charge in [-0.15, -0.1) is 0 Å². The number of aryl methyl sites for hydroxylation is 2. The molecule has 1 aliphatic heterocycles. The maximum atomic E-state index is 4.46. The van der Waals surface area contributed by atoms with Crippen molar-refractivity contribution >= 4 is 33.2 Å². The summed E-state index contributed by atoms with van der Waals surface area (Å²) in [4.78, 5) is 2.26. The van der Waals surface area contributed by atoms with Gasteiger partial charge in [0.25, 0.3) is 0 Å². The molecule has 0 unspecified atom stereocenters. The normalized spacial score (nSPS) is 15.3. The van der Waals surface area contributed by atoms with E-state index in [9.17, 15) is 0 Å². The number of anilines is 2. The highest BCUT2D eigenvalue weighted by molar-refractivity contribution is 6.09. The Balaban J connectivity index is 1.29. The molecule has 0 fully saturated rings. The molecule has 43 heavy (non-hydrogen) atoms. The minimum atomic E-state index is 0.834. The van der Waals surface area contributed by atoms with E-state index >= 15 is 0 Å². The Bertz CT molecular complexity index is 2060. The lowest BCUT2D eigenvalue weighted by Crippen LogP contribution is -2.16. The zero-order chi connectivity index (χ0) is 29.5. The van der Waals surface area contributed by atoms with Crippen molar-refractivity contribution in [2.24, 2.45) is 0 Å². The van der Waals surface area contributed by atoms with Crippen molar-refractivity contribution in [3.05, 3.63) is 175 Å². The Labute approximate surface area is 253 Å². The number of rotatable bonds is 4. The molecule has 0 atom stereocenters. The molecule has 0 N–H and O–H groups in total. The summed E-state index contributed by atoms with van der Waals surface area (Å²) >= 11 is 0. The SMILES string of the molecule is C=CC1=C/Cc2ccccc2N(c2ccc(-c3ccc(-n4c5ccccc5c5ccccc54)cc3C)c(C)c2)C(=C)/C=C\1. The van der Waals surface area contributed by atoms with Gasteiger partial charge in [0.1, 0.15) is 0 Å². The Morgan fingerprint density at radius 1 is 0.651 bits per heavy atom. The Hall–Kier alpha value is -5.34. The molecule has 208 valence electrons. The molecule has 2 nitrogen and oxygen atoms in total. The van der Waals surface area contributed by atoms with Crippen LogP contribution < -0.4 is 4.90 Å². The van der Waals surface area contributed by atoms with E-state index in [1.54, 1.807) is 0 Å². The van der Waals surface area contributed by atoms with E-state index in [0.29, 0.717) is 0 Å². The molecule has 1 aromatic heterocycles. The summed E-state index contributed by atoms with van der Waals surface area (Å²) in [5, 5.41) is 2.56. The van der Waals surface area contributed by atoms with Gasteiger partial charge in [-0.05, 0) is 102 Å². The van der Waals surface area contributed by atoms with Crippen molar-refractivity contribution < 1.29 is 0 Å². The van der Waals surface area contributed by atoms with E-state index in [-0.39, 0.29) is 0 Å². The van der Waals surface area contributed by atoms with Crippen LogP contribution in [-0.2, 0) is 6.42 Å². The third-order valence-electron chi connectivity index (χ3n) is 8.59. The van der Waals surface area contributed by atoms with Gasteiger partial charge in [-0.25, -0.2) is 0 Å². The largest absolute Gasteiger partial charge is 0.311 e. The summed E-state index contributed by atoms with van der Waals surface area (Å²) in [6.45, 7) is 12.9. The zero-order valence-corrected chi connectivity index (χ0v) is 24.7. The summed E-state index contributed by atoms with van der Waals surface area (Å²) in [7, 11) is 0. The Morgan fingerprint density at radius 2 is 1.23 bits per heavy atom. The van der Waals surface area contributed by atoms with Crippen LogP contribution in [0.25, 0.3) is 38.6 Å². The molecule has 2 heteroatoms. The van der Waals surface area contributed by atoms with Gasteiger partial charge in [0.2, 0.25) is 0 Å². The van der Waals surface area contributed by atoms with Crippen LogP contribution in [0.1, 0.15) is 16.7 Å². The average molecular weight is 555 g/mol. The van der Waals surface area contributed by atoms with Crippen molar-refractivity contribution in [3.8, 4) is 16.8 Å². The predicted molar refractivity (Wildman–Crippen MR) is 185 cm³/mol. The maximum Gasteiger partial charge on any atom is 0.0541 e. The molecule has 6 aromatic rings. The lowest BCUT2D eigenvalue weighted by Gasteiger charge is -2.28. The number of benzene rings is 5. The fourth-order valence-corrected chi connectivity index (χ4v) is 6.45. The van der Waals surface area contributed by atoms with Crippen molar-refractivity contribution in [1.29, 1.82) is 0 Å². The first kappa shape index (κ1) is 26.6. The van der Waals surface area contributed by atoms with Crippen LogP contribution >= 0.6 is 0 Å². The monoisotopic (exact) mass is 554 g/mol. The van der Waals surface area contributed by atoms with E-state index in [4.69, 9.17) is 0 Å². The van der Waals surface area contributed by atoms with Gasteiger partial charge in [0, 0.05) is 33.5 Å². The van der Waals surface area contributed by atoms with Crippen molar-refractivity contribution in [3.63, 3.8) is 0 Å². The second-order valence-corrected chi connectivity index (χ2v) is 11.3. The van der Waals surface area contributed by atoms with Crippen LogP contribution in [-0.4, -0.2) is 4.57 Å². The molecule has 1 aliphatic rings. The topological polar surface area (TPSA) is 8.17 Å². The average Bonchev–Trinajstić information content (AvgIpc) is 3.39. The summed E-state index contributed by atoms with van der Waals surface area (Å²) in [5.74, 6) is 0. The molecule has 0 bridgehead atoms. The van der Waals surface area contributed by atoms with Gasteiger partial charge in [0.15, 0.2) is 0 Å². The molecular weight excluding hydrogens is 520 g/mol. The molecule has 0 saturated heterocycles. The van der Waals surface area contributed by atoms with Crippen molar-refractivity contribution in [1.82, 2.24) is 4.57 Å².